The lowest BCUT2D eigenvalue weighted by atomic mass is 10.2. The van der Waals surface area contributed by atoms with Gasteiger partial charge in [0.2, 0.25) is 0 Å². The van der Waals surface area contributed by atoms with Crippen molar-refractivity contribution in [3.63, 3.8) is 0 Å². The van der Waals surface area contributed by atoms with Crippen LogP contribution in [0.25, 0.3) is 0 Å². The first-order valence-corrected chi connectivity index (χ1v) is 7.77. The molecule has 0 amide bonds. The van der Waals surface area contributed by atoms with Crippen LogP contribution in [0.5, 0.6) is 0 Å². The number of methoxy groups -OCH3 is 1. The fraction of sp³-hybridized carbons (Fsp3) is 0.692. The molecular weight excluding hydrogens is 260 g/mol. The predicted molar refractivity (Wildman–Crippen MR) is 80.9 cm³/mol. The lowest BCUT2D eigenvalue weighted by Crippen LogP contribution is -2.21. The van der Waals surface area contributed by atoms with E-state index in [0.29, 0.717) is 17.7 Å². The summed E-state index contributed by atoms with van der Waals surface area (Å²) in [4.78, 5) is 8.80. The molecule has 1 aliphatic heterocycles. The highest BCUT2D eigenvalue weighted by atomic mass is 32.2. The van der Waals surface area contributed by atoms with Gasteiger partial charge in [-0.05, 0) is 18.6 Å². The zero-order valence-electron chi connectivity index (χ0n) is 11.6. The highest BCUT2D eigenvalue weighted by Crippen LogP contribution is 2.25. The minimum absolute atomic E-state index is 0.433. The first-order chi connectivity index (χ1) is 9.31. The second kappa shape index (κ2) is 7.55. The summed E-state index contributed by atoms with van der Waals surface area (Å²) in [5.41, 5.74) is 0. The van der Waals surface area contributed by atoms with E-state index >= 15 is 0 Å². The topological polar surface area (TPSA) is 59.1 Å². The molecule has 2 heterocycles. The molecule has 1 fully saturated rings. The monoisotopic (exact) mass is 282 g/mol. The van der Waals surface area contributed by atoms with Crippen LogP contribution in [-0.2, 0) is 11.3 Å². The van der Waals surface area contributed by atoms with Crippen LogP contribution in [0, 0.1) is 0 Å². The lowest BCUT2D eigenvalue weighted by molar-refractivity contribution is 0.178. The highest BCUT2D eigenvalue weighted by molar-refractivity contribution is 7.99. The number of hydrogen-bond acceptors (Lipinski definition) is 6. The number of rotatable bonds is 6. The summed E-state index contributed by atoms with van der Waals surface area (Å²) in [7, 11) is 3.51. The molecule has 6 heteroatoms. The maximum absolute atomic E-state index is 5.09. The van der Waals surface area contributed by atoms with Crippen molar-refractivity contribution in [2.45, 2.75) is 31.1 Å². The second-order valence-electron chi connectivity index (χ2n) is 4.61. The van der Waals surface area contributed by atoms with E-state index in [-0.39, 0.29) is 0 Å². The Kier molecular flexibility index (Phi) is 5.72. The third-order valence-corrected chi connectivity index (χ3v) is 4.49. The Morgan fingerprint density at radius 3 is 2.89 bits per heavy atom. The third-order valence-electron chi connectivity index (χ3n) is 3.09. The Hall–Kier alpha value is -1.01. The molecule has 106 valence electrons. The van der Waals surface area contributed by atoms with Gasteiger partial charge in [0.1, 0.15) is 18.2 Å². The molecule has 0 radical (unpaired) electrons. The Balaban J connectivity index is 1.95. The van der Waals surface area contributed by atoms with E-state index in [9.17, 15) is 0 Å². The molecule has 0 bridgehead atoms. The van der Waals surface area contributed by atoms with Gasteiger partial charge in [-0.2, -0.15) is 11.8 Å². The molecule has 2 rings (SSSR count). The molecule has 0 saturated carbocycles. The van der Waals surface area contributed by atoms with Gasteiger partial charge in [0.25, 0.3) is 0 Å². The smallest absolute Gasteiger partial charge is 0.158 e. The van der Waals surface area contributed by atoms with Crippen molar-refractivity contribution in [2.24, 2.45) is 0 Å². The van der Waals surface area contributed by atoms with E-state index in [1.807, 2.05) is 13.1 Å². The number of aromatic nitrogens is 2. The summed E-state index contributed by atoms with van der Waals surface area (Å²) < 4.78 is 5.09. The van der Waals surface area contributed by atoms with Gasteiger partial charge in [-0.25, -0.2) is 9.97 Å². The quantitative estimate of drug-likeness (QED) is 0.835. The number of nitrogens with one attached hydrogen (secondary N) is 2. The standard InChI is InChI=1S/C13H22N4OS/c1-14-11-7-12(17-13(16-11)9-18-2)15-8-10-5-3-4-6-19-10/h7,10H,3-6,8-9H2,1-2H3,(H2,14,15,16,17). The molecule has 0 aromatic carbocycles. The van der Waals surface area contributed by atoms with Gasteiger partial charge in [0.05, 0.1) is 0 Å². The summed E-state index contributed by atoms with van der Waals surface area (Å²) in [6.07, 6.45) is 4.00. The third kappa shape index (κ3) is 4.54. The molecular formula is C13H22N4OS. The minimum atomic E-state index is 0.433. The van der Waals surface area contributed by atoms with Crippen LogP contribution >= 0.6 is 11.8 Å². The van der Waals surface area contributed by atoms with Crippen molar-refractivity contribution in [2.75, 3.05) is 37.1 Å². The number of ether oxygens (including phenoxy) is 1. The molecule has 5 nitrogen and oxygen atoms in total. The van der Waals surface area contributed by atoms with E-state index in [1.165, 1.54) is 25.0 Å². The van der Waals surface area contributed by atoms with Gasteiger partial charge in [0, 0.05) is 32.0 Å². The molecule has 2 N–H and O–H groups in total. The van der Waals surface area contributed by atoms with Crippen LogP contribution in [-0.4, -0.2) is 41.7 Å². The van der Waals surface area contributed by atoms with Crippen LogP contribution in [0.1, 0.15) is 25.1 Å². The Morgan fingerprint density at radius 2 is 2.21 bits per heavy atom. The summed E-state index contributed by atoms with van der Waals surface area (Å²) in [6, 6.07) is 1.94. The molecule has 1 aliphatic rings. The largest absolute Gasteiger partial charge is 0.377 e. The first kappa shape index (κ1) is 14.4. The van der Waals surface area contributed by atoms with Crippen molar-refractivity contribution in [3.8, 4) is 0 Å². The molecule has 1 aromatic rings. The van der Waals surface area contributed by atoms with Crippen molar-refractivity contribution in [1.82, 2.24) is 9.97 Å². The molecule has 19 heavy (non-hydrogen) atoms. The number of anilines is 2. The average Bonchev–Trinajstić information content (AvgIpc) is 2.46. The van der Waals surface area contributed by atoms with Gasteiger partial charge < -0.3 is 15.4 Å². The summed E-state index contributed by atoms with van der Waals surface area (Å²) in [5, 5.41) is 7.17. The average molecular weight is 282 g/mol. The lowest BCUT2D eigenvalue weighted by Gasteiger charge is -2.21. The number of hydrogen-bond donors (Lipinski definition) is 2. The van der Waals surface area contributed by atoms with E-state index in [1.54, 1.807) is 7.11 Å². The number of thioether (sulfide) groups is 1. The zero-order valence-corrected chi connectivity index (χ0v) is 12.4. The number of nitrogens with zero attached hydrogens (tertiary/aromatic N) is 2. The molecule has 1 unspecified atom stereocenters. The van der Waals surface area contributed by atoms with Gasteiger partial charge in [-0.3, -0.25) is 0 Å². The molecule has 0 spiro atoms. The van der Waals surface area contributed by atoms with Gasteiger partial charge in [0.15, 0.2) is 5.82 Å². The zero-order chi connectivity index (χ0) is 13.5. The van der Waals surface area contributed by atoms with Crippen molar-refractivity contribution < 1.29 is 4.74 Å². The normalized spacial score (nSPS) is 19.2. The van der Waals surface area contributed by atoms with Gasteiger partial charge >= 0.3 is 0 Å². The first-order valence-electron chi connectivity index (χ1n) is 6.72. The van der Waals surface area contributed by atoms with Crippen molar-refractivity contribution in [1.29, 1.82) is 0 Å². The Bertz CT molecular complexity index is 396. The summed E-state index contributed by atoms with van der Waals surface area (Å²) >= 11 is 2.06. The van der Waals surface area contributed by atoms with E-state index in [0.717, 1.165) is 18.2 Å². The van der Waals surface area contributed by atoms with Crippen LogP contribution in [0.3, 0.4) is 0 Å². The van der Waals surface area contributed by atoms with Crippen LogP contribution in [0.2, 0.25) is 0 Å². The summed E-state index contributed by atoms with van der Waals surface area (Å²) in [5.74, 6) is 3.68. The second-order valence-corrected chi connectivity index (χ2v) is 6.02. The maximum atomic E-state index is 5.09. The Labute approximate surface area is 118 Å². The molecule has 1 aromatic heterocycles. The minimum Gasteiger partial charge on any atom is -0.377 e. The fourth-order valence-corrected chi connectivity index (χ4v) is 3.33. The van der Waals surface area contributed by atoms with E-state index in [2.05, 4.69) is 32.4 Å². The van der Waals surface area contributed by atoms with E-state index < -0.39 is 0 Å². The fourth-order valence-electron chi connectivity index (χ4n) is 2.10. The van der Waals surface area contributed by atoms with Crippen LogP contribution < -0.4 is 10.6 Å². The predicted octanol–water partition coefficient (Wildman–Crippen LogP) is 2.36. The van der Waals surface area contributed by atoms with Crippen molar-refractivity contribution >= 4 is 23.4 Å². The Morgan fingerprint density at radius 1 is 1.37 bits per heavy atom. The highest BCUT2D eigenvalue weighted by Gasteiger charge is 2.14. The molecule has 1 atom stereocenters. The SMILES string of the molecule is CNc1cc(NCC2CCCCS2)nc(COC)n1. The molecule has 0 aliphatic carbocycles. The maximum Gasteiger partial charge on any atom is 0.158 e. The van der Waals surface area contributed by atoms with Gasteiger partial charge in [-0.15, -0.1) is 0 Å². The van der Waals surface area contributed by atoms with Crippen LogP contribution in [0.15, 0.2) is 6.07 Å². The van der Waals surface area contributed by atoms with Gasteiger partial charge in [-0.1, -0.05) is 6.42 Å². The van der Waals surface area contributed by atoms with E-state index in [4.69, 9.17) is 4.74 Å². The van der Waals surface area contributed by atoms with Crippen LogP contribution in [0.4, 0.5) is 11.6 Å². The van der Waals surface area contributed by atoms with Crippen molar-refractivity contribution in [3.05, 3.63) is 11.9 Å². The molecule has 1 saturated heterocycles. The summed E-state index contributed by atoms with van der Waals surface area (Å²) in [6.45, 7) is 1.40.